The third kappa shape index (κ3) is 7.23. The van der Waals surface area contributed by atoms with Crippen LogP contribution in [0.2, 0.25) is 0 Å². The fourth-order valence-corrected chi connectivity index (χ4v) is 3.02. The van der Waals surface area contributed by atoms with Gasteiger partial charge >= 0.3 is 12.1 Å². The Morgan fingerprint density at radius 3 is 2.07 bits per heavy atom. The van der Waals surface area contributed by atoms with E-state index in [4.69, 9.17) is 9.47 Å². The van der Waals surface area contributed by atoms with Crippen molar-refractivity contribution < 1.29 is 19.1 Å². The maximum atomic E-state index is 12.6. The van der Waals surface area contributed by atoms with Gasteiger partial charge in [-0.15, -0.1) is 0 Å². The lowest BCUT2D eigenvalue weighted by Gasteiger charge is -2.21. The predicted molar refractivity (Wildman–Crippen MR) is 110 cm³/mol. The molecule has 29 heavy (non-hydrogen) atoms. The number of nitrogens with zero attached hydrogens (tertiary/aromatic N) is 1. The van der Waals surface area contributed by atoms with Gasteiger partial charge in [0.15, 0.2) is 0 Å². The Labute approximate surface area is 171 Å². The number of carbonyl (C=O) groups excluding carboxylic acids is 2. The summed E-state index contributed by atoms with van der Waals surface area (Å²) >= 11 is 0. The molecule has 1 saturated carbocycles. The summed E-state index contributed by atoms with van der Waals surface area (Å²) < 4.78 is 10.7. The molecule has 1 N–H and O–H groups in total. The zero-order valence-electron chi connectivity index (χ0n) is 16.8. The zero-order chi connectivity index (χ0) is 20.5. The first-order valence-corrected chi connectivity index (χ1v) is 10.00. The molecule has 1 fully saturated rings. The van der Waals surface area contributed by atoms with Crippen molar-refractivity contribution in [1.82, 2.24) is 10.2 Å². The van der Waals surface area contributed by atoms with E-state index in [9.17, 15) is 9.59 Å². The van der Waals surface area contributed by atoms with Crippen molar-refractivity contribution in [3.63, 3.8) is 0 Å². The lowest BCUT2D eigenvalue weighted by atomic mass is 10.2. The normalized spacial score (nSPS) is 14.3. The van der Waals surface area contributed by atoms with Crippen LogP contribution < -0.4 is 5.32 Å². The molecule has 2 aromatic rings. The molecule has 2 aromatic carbocycles. The van der Waals surface area contributed by atoms with Crippen molar-refractivity contribution in [3.05, 3.63) is 71.8 Å². The molecule has 0 heterocycles. The number of alkyl carbamates (subject to hydrolysis) is 1. The number of amides is 1. The highest BCUT2D eigenvalue weighted by Gasteiger charge is 2.29. The van der Waals surface area contributed by atoms with Gasteiger partial charge in [0, 0.05) is 12.6 Å². The van der Waals surface area contributed by atoms with E-state index in [1.807, 2.05) is 67.7 Å². The molecule has 154 valence electrons. The summed E-state index contributed by atoms with van der Waals surface area (Å²) in [6, 6.07) is 18.7. The molecule has 6 nitrogen and oxygen atoms in total. The summed E-state index contributed by atoms with van der Waals surface area (Å²) in [6.45, 7) is 1.03. The standard InChI is InChI=1S/C23H28N2O4/c1-25(20-12-13-20)15-14-21(22(26)28-16-18-8-4-2-5-9-18)24-23(27)29-17-19-10-6-3-7-11-19/h2-11,20-21H,12-17H2,1H3,(H,24,27)/t21-/m1/s1. The molecular formula is C23H28N2O4. The summed E-state index contributed by atoms with van der Waals surface area (Å²) in [7, 11) is 2.04. The van der Waals surface area contributed by atoms with E-state index >= 15 is 0 Å². The topological polar surface area (TPSA) is 67.9 Å². The molecule has 0 unspecified atom stereocenters. The monoisotopic (exact) mass is 396 g/mol. The molecule has 0 saturated heterocycles. The first-order valence-electron chi connectivity index (χ1n) is 10.00. The highest BCUT2D eigenvalue weighted by Crippen LogP contribution is 2.25. The quantitative estimate of drug-likeness (QED) is 0.623. The van der Waals surface area contributed by atoms with E-state index in [2.05, 4.69) is 10.2 Å². The van der Waals surface area contributed by atoms with Gasteiger partial charge in [-0.2, -0.15) is 0 Å². The van der Waals surface area contributed by atoms with Crippen molar-refractivity contribution in [2.45, 2.75) is 44.6 Å². The van der Waals surface area contributed by atoms with Crippen molar-refractivity contribution in [3.8, 4) is 0 Å². The van der Waals surface area contributed by atoms with Crippen molar-refractivity contribution in [2.24, 2.45) is 0 Å². The largest absolute Gasteiger partial charge is 0.459 e. The minimum Gasteiger partial charge on any atom is -0.459 e. The number of ether oxygens (including phenoxy) is 2. The number of hydrogen-bond donors (Lipinski definition) is 1. The van der Waals surface area contributed by atoms with Crippen molar-refractivity contribution >= 4 is 12.1 Å². The molecule has 1 amide bonds. The minimum atomic E-state index is -0.747. The smallest absolute Gasteiger partial charge is 0.408 e. The van der Waals surface area contributed by atoms with Gasteiger partial charge in [0.2, 0.25) is 0 Å². The highest BCUT2D eigenvalue weighted by molar-refractivity contribution is 5.81. The maximum Gasteiger partial charge on any atom is 0.408 e. The molecule has 0 aromatic heterocycles. The summed E-state index contributed by atoms with van der Waals surface area (Å²) in [5.41, 5.74) is 1.79. The van der Waals surface area contributed by atoms with Gasteiger partial charge in [-0.25, -0.2) is 9.59 Å². The molecular weight excluding hydrogens is 368 g/mol. The van der Waals surface area contributed by atoms with E-state index in [1.54, 1.807) is 0 Å². The van der Waals surface area contributed by atoms with E-state index in [-0.39, 0.29) is 13.2 Å². The Bertz CT molecular complexity index is 778. The lowest BCUT2D eigenvalue weighted by molar-refractivity contribution is -0.147. The van der Waals surface area contributed by atoms with Crippen LogP contribution in [0.25, 0.3) is 0 Å². The minimum absolute atomic E-state index is 0.153. The summed E-state index contributed by atoms with van der Waals surface area (Å²) in [4.78, 5) is 27.1. The fraction of sp³-hybridized carbons (Fsp3) is 0.391. The van der Waals surface area contributed by atoms with Gasteiger partial charge in [0.25, 0.3) is 0 Å². The van der Waals surface area contributed by atoms with Crippen LogP contribution in [0.5, 0.6) is 0 Å². The molecule has 0 spiro atoms. The zero-order valence-corrected chi connectivity index (χ0v) is 16.8. The van der Waals surface area contributed by atoms with Crippen LogP contribution in [0.3, 0.4) is 0 Å². The molecule has 1 atom stereocenters. The summed E-state index contributed by atoms with van der Waals surface area (Å²) in [6.07, 6.45) is 2.23. The van der Waals surface area contributed by atoms with E-state index < -0.39 is 18.1 Å². The Morgan fingerprint density at radius 1 is 0.966 bits per heavy atom. The Balaban J connectivity index is 1.52. The number of rotatable bonds is 10. The number of nitrogens with one attached hydrogen (secondary N) is 1. The fourth-order valence-electron chi connectivity index (χ4n) is 3.02. The third-order valence-corrected chi connectivity index (χ3v) is 4.95. The number of carbonyl (C=O) groups is 2. The number of esters is 1. The van der Waals surface area contributed by atoms with E-state index in [0.717, 1.165) is 11.1 Å². The molecule has 0 bridgehead atoms. The van der Waals surface area contributed by atoms with Crippen LogP contribution in [0, 0.1) is 0 Å². The van der Waals surface area contributed by atoms with Crippen molar-refractivity contribution in [1.29, 1.82) is 0 Å². The second kappa shape index (κ2) is 10.6. The SMILES string of the molecule is CN(CC[C@@H](NC(=O)OCc1ccccc1)C(=O)OCc1ccccc1)C1CC1. The van der Waals surface area contributed by atoms with Gasteiger partial charge in [-0.3, -0.25) is 0 Å². The van der Waals surface area contributed by atoms with E-state index in [0.29, 0.717) is 19.0 Å². The van der Waals surface area contributed by atoms with Gasteiger partial charge in [0.05, 0.1) is 0 Å². The molecule has 3 rings (SSSR count). The second-order valence-electron chi connectivity index (χ2n) is 7.35. The molecule has 1 aliphatic carbocycles. The maximum absolute atomic E-state index is 12.6. The van der Waals surface area contributed by atoms with Crippen LogP contribution in [0.4, 0.5) is 4.79 Å². The van der Waals surface area contributed by atoms with Gasteiger partial charge in [0.1, 0.15) is 19.3 Å². The van der Waals surface area contributed by atoms with Crippen LogP contribution >= 0.6 is 0 Å². The molecule has 1 aliphatic rings. The van der Waals surface area contributed by atoms with Crippen molar-refractivity contribution in [2.75, 3.05) is 13.6 Å². The highest BCUT2D eigenvalue weighted by atomic mass is 16.6. The van der Waals surface area contributed by atoms with Crippen LogP contribution in [0.1, 0.15) is 30.4 Å². The third-order valence-electron chi connectivity index (χ3n) is 4.95. The average molecular weight is 396 g/mol. The van der Waals surface area contributed by atoms with Crippen LogP contribution in [-0.2, 0) is 27.5 Å². The molecule has 0 radical (unpaired) electrons. The Morgan fingerprint density at radius 2 is 1.52 bits per heavy atom. The average Bonchev–Trinajstić information content (AvgIpc) is 3.60. The van der Waals surface area contributed by atoms with Gasteiger partial charge in [-0.1, -0.05) is 60.7 Å². The number of hydrogen-bond acceptors (Lipinski definition) is 5. The van der Waals surface area contributed by atoms with Crippen LogP contribution in [0.15, 0.2) is 60.7 Å². The Kier molecular flexibility index (Phi) is 7.64. The Hall–Kier alpha value is -2.86. The van der Waals surface area contributed by atoms with Crippen LogP contribution in [-0.4, -0.2) is 42.6 Å². The second-order valence-corrected chi connectivity index (χ2v) is 7.35. The summed E-state index contributed by atoms with van der Waals surface area (Å²) in [5, 5.41) is 2.68. The van der Waals surface area contributed by atoms with Gasteiger partial charge < -0.3 is 19.7 Å². The summed E-state index contributed by atoms with van der Waals surface area (Å²) in [5.74, 6) is -0.449. The molecule has 0 aliphatic heterocycles. The lowest BCUT2D eigenvalue weighted by Crippen LogP contribution is -2.44. The van der Waals surface area contributed by atoms with E-state index in [1.165, 1.54) is 12.8 Å². The predicted octanol–water partition coefficient (Wildman–Crippen LogP) is 3.51. The molecule has 6 heteroatoms. The van der Waals surface area contributed by atoms with Gasteiger partial charge in [-0.05, 0) is 37.4 Å². The first-order chi connectivity index (χ1) is 14.1. The first kappa shape index (κ1) is 20.9. The number of benzene rings is 2.